The van der Waals surface area contributed by atoms with Gasteiger partial charge in [-0.15, -0.1) is 0 Å². The molecule has 0 aliphatic rings. The third-order valence-electron chi connectivity index (χ3n) is 4.35. The van der Waals surface area contributed by atoms with Gasteiger partial charge in [0.25, 0.3) is 0 Å². The average molecular weight is 363 g/mol. The quantitative estimate of drug-likeness (QED) is 0.551. The van der Waals surface area contributed by atoms with Gasteiger partial charge in [0.2, 0.25) is 5.91 Å². The van der Waals surface area contributed by atoms with Crippen molar-refractivity contribution in [2.45, 2.75) is 13.1 Å². The molecule has 7 heteroatoms. The minimum Gasteiger partial charge on any atom is -0.497 e. The van der Waals surface area contributed by atoms with Crippen molar-refractivity contribution in [2.24, 2.45) is 0 Å². The van der Waals surface area contributed by atoms with Crippen molar-refractivity contribution in [3.63, 3.8) is 0 Å². The molecule has 136 valence electrons. The summed E-state index contributed by atoms with van der Waals surface area (Å²) in [5.74, 6) is 0.562. The van der Waals surface area contributed by atoms with Crippen LogP contribution in [0.3, 0.4) is 0 Å². The Balaban J connectivity index is 1.56. The van der Waals surface area contributed by atoms with Crippen LogP contribution in [0.15, 0.2) is 63.9 Å². The molecule has 0 fully saturated rings. The lowest BCUT2D eigenvalue weighted by atomic mass is 10.2. The Labute approximate surface area is 154 Å². The molecule has 0 atom stereocenters. The number of benzene rings is 2. The maximum atomic E-state index is 12.4. The van der Waals surface area contributed by atoms with Gasteiger partial charge in [0.1, 0.15) is 23.3 Å². The fraction of sp³-hybridized carbons (Fsp3) is 0.150. The number of hydrogen-bond donors (Lipinski definition) is 1. The van der Waals surface area contributed by atoms with Gasteiger partial charge in [-0.1, -0.05) is 24.3 Å². The zero-order valence-electron chi connectivity index (χ0n) is 14.6. The van der Waals surface area contributed by atoms with Crippen LogP contribution in [0.4, 0.5) is 0 Å². The molecule has 4 rings (SSSR count). The molecule has 0 spiro atoms. The number of ether oxygens (including phenoxy) is 1. The van der Waals surface area contributed by atoms with Crippen molar-refractivity contribution in [3.8, 4) is 5.75 Å². The van der Waals surface area contributed by atoms with Gasteiger partial charge in [-0.2, -0.15) is 5.10 Å². The first kappa shape index (κ1) is 16.8. The molecule has 4 aromatic rings. The normalized spacial score (nSPS) is 11.0. The van der Waals surface area contributed by atoms with Crippen LogP contribution in [0.2, 0.25) is 0 Å². The molecule has 27 heavy (non-hydrogen) atoms. The van der Waals surface area contributed by atoms with E-state index in [1.54, 1.807) is 19.2 Å². The number of nitrogens with one attached hydrogen (secondary N) is 1. The molecule has 0 bridgehead atoms. The van der Waals surface area contributed by atoms with Crippen LogP contribution < -0.4 is 15.7 Å². The number of methoxy groups -OCH3 is 1. The van der Waals surface area contributed by atoms with E-state index < -0.39 is 5.63 Å². The Hall–Kier alpha value is -3.61. The van der Waals surface area contributed by atoms with Crippen LogP contribution in [-0.2, 0) is 17.9 Å². The highest BCUT2D eigenvalue weighted by atomic mass is 16.5. The van der Waals surface area contributed by atoms with Crippen LogP contribution in [0.5, 0.6) is 5.75 Å². The topological polar surface area (TPSA) is 86.4 Å². The lowest BCUT2D eigenvalue weighted by molar-refractivity contribution is -0.121. The lowest BCUT2D eigenvalue weighted by Crippen LogP contribution is -2.27. The van der Waals surface area contributed by atoms with Crippen LogP contribution >= 0.6 is 0 Å². The predicted octanol–water partition coefficient (Wildman–Crippen LogP) is 2.47. The number of amides is 1. The Bertz CT molecular complexity index is 1180. The highest BCUT2D eigenvalue weighted by molar-refractivity contribution is 6.02. The third kappa shape index (κ3) is 3.27. The molecule has 1 amide bonds. The molecular formula is C20H17N3O4. The molecule has 2 heterocycles. The van der Waals surface area contributed by atoms with Crippen LogP contribution in [-0.4, -0.2) is 22.8 Å². The first-order valence-electron chi connectivity index (χ1n) is 8.42. The zero-order valence-corrected chi connectivity index (χ0v) is 14.6. The van der Waals surface area contributed by atoms with Crippen molar-refractivity contribution in [2.75, 3.05) is 7.11 Å². The molecular weight excluding hydrogens is 346 g/mol. The van der Waals surface area contributed by atoms with E-state index in [9.17, 15) is 9.59 Å². The molecule has 0 aliphatic heterocycles. The summed E-state index contributed by atoms with van der Waals surface area (Å²) in [7, 11) is 1.61. The van der Waals surface area contributed by atoms with Gasteiger partial charge in [-0.3, -0.25) is 9.48 Å². The second kappa shape index (κ2) is 6.95. The van der Waals surface area contributed by atoms with Crippen molar-refractivity contribution in [1.29, 1.82) is 0 Å². The number of carbonyl (C=O) groups is 1. The molecule has 2 aromatic heterocycles. The minimum atomic E-state index is -0.464. The summed E-state index contributed by atoms with van der Waals surface area (Å²) in [6.45, 7) is 0.401. The van der Waals surface area contributed by atoms with E-state index >= 15 is 0 Å². The van der Waals surface area contributed by atoms with Crippen molar-refractivity contribution >= 4 is 27.8 Å². The average Bonchev–Trinajstić information content (AvgIpc) is 3.11. The van der Waals surface area contributed by atoms with E-state index in [0.717, 1.165) is 16.7 Å². The zero-order chi connectivity index (χ0) is 18.8. The summed E-state index contributed by atoms with van der Waals surface area (Å²) in [4.78, 5) is 24.5. The Morgan fingerprint density at radius 3 is 2.70 bits per heavy atom. The molecule has 7 nitrogen and oxygen atoms in total. The number of fused-ring (bicyclic) bond motifs is 3. The van der Waals surface area contributed by atoms with Gasteiger partial charge in [0.15, 0.2) is 0 Å². The smallest absolute Gasteiger partial charge is 0.347 e. The third-order valence-corrected chi connectivity index (χ3v) is 4.35. The van der Waals surface area contributed by atoms with E-state index in [0.29, 0.717) is 23.0 Å². The number of aromatic nitrogens is 2. The molecule has 0 unspecified atom stereocenters. The monoisotopic (exact) mass is 363 g/mol. The standard InChI is InChI=1S/C20H17N3O4/c1-26-14-8-6-13(7-9-14)10-21-18(24)12-23-19-15-4-2-3-5-17(15)27-20(25)16(19)11-22-23/h2-9,11H,10,12H2,1H3,(H,21,24). The molecule has 2 aromatic carbocycles. The Morgan fingerprint density at radius 1 is 1.15 bits per heavy atom. The fourth-order valence-electron chi connectivity index (χ4n) is 2.98. The Morgan fingerprint density at radius 2 is 1.93 bits per heavy atom. The van der Waals surface area contributed by atoms with Gasteiger partial charge >= 0.3 is 5.63 Å². The number of nitrogens with zero attached hydrogens (tertiary/aromatic N) is 2. The van der Waals surface area contributed by atoms with Gasteiger partial charge in [-0.25, -0.2) is 4.79 Å². The second-order valence-corrected chi connectivity index (χ2v) is 6.07. The summed E-state index contributed by atoms with van der Waals surface area (Å²) in [5.41, 5.74) is 1.56. The van der Waals surface area contributed by atoms with E-state index in [1.165, 1.54) is 10.9 Å². The van der Waals surface area contributed by atoms with E-state index in [1.807, 2.05) is 36.4 Å². The summed E-state index contributed by atoms with van der Waals surface area (Å²) >= 11 is 0. The van der Waals surface area contributed by atoms with Crippen molar-refractivity contribution < 1.29 is 13.9 Å². The maximum absolute atomic E-state index is 12.4. The minimum absolute atomic E-state index is 0.00705. The first-order valence-corrected chi connectivity index (χ1v) is 8.42. The number of rotatable bonds is 5. The molecule has 0 aliphatic carbocycles. The SMILES string of the molecule is COc1ccc(CNC(=O)Cn2ncc3c(=O)oc4ccccc4c32)cc1. The summed E-state index contributed by atoms with van der Waals surface area (Å²) in [5, 5.41) is 8.16. The summed E-state index contributed by atoms with van der Waals surface area (Å²) < 4.78 is 11.9. The maximum Gasteiger partial charge on any atom is 0.347 e. The van der Waals surface area contributed by atoms with Gasteiger partial charge in [0, 0.05) is 11.9 Å². The number of para-hydroxylation sites is 1. The van der Waals surface area contributed by atoms with Gasteiger partial charge in [-0.05, 0) is 29.8 Å². The van der Waals surface area contributed by atoms with Crippen LogP contribution in [0, 0.1) is 0 Å². The predicted molar refractivity (Wildman–Crippen MR) is 101 cm³/mol. The number of carbonyl (C=O) groups excluding carboxylic acids is 1. The summed E-state index contributed by atoms with van der Waals surface area (Å²) in [6.07, 6.45) is 1.43. The fourth-order valence-corrected chi connectivity index (χ4v) is 2.98. The largest absolute Gasteiger partial charge is 0.497 e. The first-order chi connectivity index (χ1) is 13.2. The molecule has 0 saturated carbocycles. The van der Waals surface area contributed by atoms with Crippen LogP contribution in [0.1, 0.15) is 5.56 Å². The summed E-state index contributed by atoms with van der Waals surface area (Å²) in [6, 6.07) is 14.7. The second-order valence-electron chi connectivity index (χ2n) is 6.07. The molecule has 1 N–H and O–H groups in total. The van der Waals surface area contributed by atoms with E-state index in [4.69, 9.17) is 9.15 Å². The van der Waals surface area contributed by atoms with E-state index in [-0.39, 0.29) is 12.5 Å². The van der Waals surface area contributed by atoms with Gasteiger partial charge in [0.05, 0.1) is 18.8 Å². The highest BCUT2D eigenvalue weighted by Crippen LogP contribution is 2.22. The molecule has 0 saturated heterocycles. The highest BCUT2D eigenvalue weighted by Gasteiger charge is 2.14. The van der Waals surface area contributed by atoms with Crippen LogP contribution in [0.25, 0.3) is 21.9 Å². The molecule has 0 radical (unpaired) electrons. The lowest BCUT2D eigenvalue weighted by Gasteiger charge is -2.08. The number of hydrogen-bond acceptors (Lipinski definition) is 5. The van der Waals surface area contributed by atoms with E-state index in [2.05, 4.69) is 10.4 Å². The van der Waals surface area contributed by atoms with Gasteiger partial charge < -0.3 is 14.5 Å². The Kier molecular flexibility index (Phi) is 4.33. The van der Waals surface area contributed by atoms with Crippen molar-refractivity contribution in [3.05, 3.63) is 70.7 Å². The van der Waals surface area contributed by atoms with Crippen molar-refractivity contribution in [1.82, 2.24) is 15.1 Å².